The Balaban J connectivity index is 1.59. The van der Waals surface area contributed by atoms with E-state index in [2.05, 4.69) is 12.2 Å². The maximum Gasteiger partial charge on any atom is 0.238 e. The molecule has 4 heteroatoms. The molecule has 1 spiro atoms. The Morgan fingerprint density at radius 3 is 2.18 bits per heavy atom. The summed E-state index contributed by atoms with van der Waals surface area (Å²) in [7, 11) is 1.56. The first-order chi connectivity index (χ1) is 10.7. The molecular formula is C18H17NO3. The van der Waals surface area contributed by atoms with Crippen LogP contribution in [0.2, 0.25) is 0 Å². The van der Waals surface area contributed by atoms with Gasteiger partial charge in [-0.25, -0.2) is 4.90 Å². The molecule has 1 aromatic carbocycles. The highest BCUT2D eigenvalue weighted by atomic mass is 16.5. The van der Waals surface area contributed by atoms with E-state index >= 15 is 0 Å². The van der Waals surface area contributed by atoms with Gasteiger partial charge in [0.25, 0.3) is 0 Å². The van der Waals surface area contributed by atoms with Crippen molar-refractivity contribution >= 4 is 17.5 Å². The zero-order chi connectivity index (χ0) is 15.1. The van der Waals surface area contributed by atoms with Gasteiger partial charge in [0.15, 0.2) is 0 Å². The molecule has 1 saturated heterocycles. The Morgan fingerprint density at radius 2 is 1.64 bits per heavy atom. The van der Waals surface area contributed by atoms with Crippen LogP contribution in [-0.2, 0) is 9.59 Å². The normalized spacial score (nSPS) is 36.3. The van der Waals surface area contributed by atoms with Gasteiger partial charge >= 0.3 is 0 Å². The van der Waals surface area contributed by atoms with Gasteiger partial charge in [0.2, 0.25) is 11.8 Å². The summed E-state index contributed by atoms with van der Waals surface area (Å²) in [5.41, 5.74) is 0.826. The van der Waals surface area contributed by atoms with E-state index in [9.17, 15) is 9.59 Å². The van der Waals surface area contributed by atoms with E-state index in [0.717, 1.165) is 12.8 Å². The number of methoxy groups -OCH3 is 1. The number of allylic oxidation sites excluding steroid dienone is 2. The van der Waals surface area contributed by atoms with Gasteiger partial charge in [-0.3, -0.25) is 9.59 Å². The second-order valence-electron chi connectivity index (χ2n) is 6.90. The third kappa shape index (κ3) is 1.21. The van der Waals surface area contributed by atoms with Crippen molar-refractivity contribution in [3.8, 4) is 5.75 Å². The molecule has 5 rings (SSSR count). The van der Waals surface area contributed by atoms with E-state index in [1.807, 2.05) is 12.1 Å². The van der Waals surface area contributed by atoms with E-state index in [4.69, 9.17) is 4.74 Å². The summed E-state index contributed by atoms with van der Waals surface area (Å²) in [6, 6.07) is 7.26. The second kappa shape index (κ2) is 3.80. The van der Waals surface area contributed by atoms with Gasteiger partial charge in [-0.1, -0.05) is 24.3 Å². The van der Waals surface area contributed by atoms with Gasteiger partial charge in [-0.2, -0.15) is 0 Å². The third-order valence-electron chi connectivity index (χ3n) is 6.18. The molecule has 1 aliphatic heterocycles. The highest BCUT2D eigenvalue weighted by Gasteiger charge is 2.73. The number of hydrogen-bond donors (Lipinski definition) is 0. The van der Waals surface area contributed by atoms with Crippen LogP contribution in [0.4, 0.5) is 5.69 Å². The number of fused-ring (bicyclic) bond motifs is 3. The average molecular weight is 295 g/mol. The van der Waals surface area contributed by atoms with Crippen molar-refractivity contribution < 1.29 is 14.3 Å². The molecule has 2 saturated carbocycles. The van der Waals surface area contributed by atoms with Gasteiger partial charge in [-0.05, 0) is 42.2 Å². The average Bonchev–Trinajstić information content (AvgIpc) is 3.13. The molecule has 0 unspecified atom stereocenters. The molecule has 3 aliphatic carbocycles. The van der Waals surface area contributed by atoms with Crippen LogP contribution in [0.15, 0.2) is 36.4 Å². The lowest BCUT2D eigenvalue weighted by Gasteiger charge is -2.22. The number of benzene rings is 1. The van der Waals surface area contributed by atoms with E-state index in [-0.39, 0.29) is 40.9 Å². The summed E-state index contributed by atoms with van der Waals surface area (Å²) in [6.07, 6.45) is 6.71. The largest absolute Gasteiger partial charge is 0.495 e. The summed E-state index contributed by atoms with van der Waals surface area (Å²) >= 11 is 0. The summed E-state index contributed by atoms with van der Waals surface area (Å²) in [4.78, 5) is 27.3. The van der Waals surface area contributed by atoms with Crippen molar-refractivity contribution in [3.05, 3.63) is 36.4 Å². The molecule has 3 fully saturated rings. The van der Waals surface area contributed by atoms with Crippen LogP contribution in [0, 0.1) is 29.1 Å². The van der Waals surface area contributed by atoms with E-state index < -0.39 is 0 Å². The highest BCUT2D eigenvalue weighted by molar-refractivity contribution is 6.23. The van der Waals surface area contributed by atoms with Gasteiger partial charge in [0.05, 0.1) is 24.6 Å². The lowest BCUT2D eigenvalue weighted by molar-refractivity contribution is -0.123. The lowest BCUT2D eigenvalue weighted by Crippen LogP contribution is -2.35. The number of anilines is 1. The molecule has 1 heterocycles. The molecular weight excluding hydrogens is 278 g/mol. The highest BCUT2D eigenvalue weighted by Crippen LogP contribution is 2.73. The molecule has 4 nitrogen and oxygen atoms in total. The van der Waals surface area contributed by atoms with Crippen LogP contribution in [0.3, 0.4) is 0 Å². The fourth-order valence-corrected chi connectivity index (χ4v) is 5.13. The Bertz CT molecular complexity index is 700. The Labute approximate surface area is 128 Å². The zero-order valence-electron chi connectivity index (χ0n) is 12.4. The number of nitrogens with zero attached hydrogens (tertiary/aromatic N) is 1. The molecule has 2 amide bonds. The van der Waals surface area contributed by atoms with Crippen molar-refractivity contribution in [2.75, 3.05) is 12.0 Å². The fourth-order valence-electron chi connectivity index (χ4n) is 5.13. The first kappa shape index (κ1) is 12.4. The molecule has 4 aliphatic rings. The third-order valence-corrected chi connectivity index (χ3v) is 6.18. The Morgan fingerprint density at radius 1 is 1.05 bits per heavy atom. The van der Waals surface area contributed by atoms with Crippen molar-refractivity contribution in [3.63, 3.8) is 0 Å². The monoisotopic (exact) mass is 295 g/mol. The number of amides is 2. The molecule has 4 atom stereocenters. The van der Waals surface area contributed by atoms with Gasteiger partial charge < -0.3 is 4.74 Å². The van der Waals surface area contributed by atoms with E-state index in [1.165, 1.54) is 4.90 Å². The Hall–Kier alpha value is -2.10. The van der Waals surface area contributed by atoms with Crippen LogP contribution in [-0.4, -0.2) is 18.9 Å². The number of imide groups is 1. The Kier molecular flexibility index (Phi) is 2.15. The summed E-state index contributed by atoms with van der Waals surface area (Å²) in [5, 5.41) is 0. The minimum absolute atomic E-state index is 0.0392. The topological polar surface area (TPSA) is 46.6 Å². The fraction of sp³-hybridized carbons (Fsp3) is 0.444. The SMILES string of the molecule is COc1ccccc1N1C(=O)[C@@H]2[C@H](C1=O)[C@@H]1C=C[C@H]2C12CC2. The molecule has 22 heavy (non-hydrogen) atoms. The smallest absolute Gasteiger partial charge is 0.238 e. The number of para-hydroxylation sites is 2. The summed E-state index contributed by atoms with van der Waals surface area (Å²) < 4.78 is 5.34. The van der Waals surface area contributed by atoms with E-state index in [0.29, 0.717) is 11.4 Å². The maximum atomic E-state index is 13.0. The predicted molar refractivity (Wildman–Crippen MR) is 80.3 cm³/mol. The van der Waals surface area contributed by atoms with Crippen LogP contribution in [0.5, 0.6) is 5.75 Å². The van der Waals surface area contributed by atoms with Crippen molar-refractivity contribution in [2.24, 2.45) is 29.1 Å². The number of rotatable bonds is 2. The van der Waals surface area contributed by atoms with Crippen LogP contribution in [0.25, 0.3) is 0 Å². The van der Waals surface area contributed by atoms with Crippen LogP contribution >= 0.6 is 0 Å². The van der Waals surface area contributed by atoms with Gasteiger partial charge in [-0.15, -0.1) is 0 Å². The number of carbonyl (C=O) groups excluding carboxylic acids is 2. The van der Waals surface area contributed by atoms with Crippen molar-refractivity contribution in [1.82, 2.24) is 0 Å². The molecule has 0 aromatic heterocycles. The first-order valence-electron chi connectivity index (χ1n) is 7.88. The standard InChI is InChI=1S/C18H17NO3/c1-22-13-5-3-2-4-12(13)19-16(20)14-10-6-7-11(15(14)17(19)21)18(10)8-9-18/h2-7,10-11,14-15H,8-9H2,1H3/t10-,11+,14+,15-. The lowest BCUT2D eigenvalue weighted by atomic mass is 9.85. The molecule has 2 bridgehead atoms. The van der Waals surface area contributed by atoms with Gasteiger partial charge in [0.1, 0.15) is 5.75 Å². The first-order valence-corrected chi connectivity index (χ1v) is 7.88. The molecule has 0 N–H and O–H groups in total. The molecule has 112 valence electrons. The molecule has 1 aromatic rings. The summed E-state index contributed by atoms with van der Waals surface area (Å²) in [5.74, 6) is 0.706. The quantitative estimate of drug-likeness (QED) is 0.622. The second-order valence-corrected chi connectivity index (χ2v) is 6.90. The van der Waals surface area contributed by atoms with Crippen molar-refractivity contribution in [2.45, 2.75) is 12.8 Å². The van der Waals surface area contributed by atoms with E-state index in [1.54, 1.807) is 19.2 Å². The van der Waals surface area contributed by atoms with Gasteiger partial charge in [0, 0.05) is 0 Å². The van der Waals surface area contributed by atoms with Crippen LogP contribution < -0.4 is 9.64 Å². The molecule has 0 radical (unpaired) electrons. The zero-order valence-corrected chi connectivity index (χ0v) is 12.4. The predicted octanol–water partition coefficient (Wildman–Crippen LogP) is 2.40. The number of carbonyl (C=O) groups is 2. The number of hydrogen-bond acceptors (Lipinski definition) is 3. The van der Waals surface area contributed by atoms with Crippen molar-refractivity contribution in [1.29, 1.82) is 0 Å². The minimum Gasteiger partial charge on any atom is -0.495 e. The number of ether oxygens (including phenoxy) is 1. The van der Waals surface area contributed by atoms with Crippen LogP contribution in [0.1, 0.15) is 12.8 Å². The minimum atomic E-state index is -0.157. The summed E-state index contributed by atoms with van der Waals surface area (Å²) in [6.45, 7) is 0. The maximum absolute atomic E-state index is 13.0.